The van der Waals surface area contributed by atoms with Crippen molar-refractivity contribution in [2.75, 3.05) is 19.8 Å². The lowest BCUT2D eigenvalue weighted by atomic mass is 9.75. The number of aliphatic hydroxyl groups excluding tert-OH is 2. The van der Waals surface area contributed by atoms with Gasteiger partial charge in [0.25, 0.3) is 0 Å². The molecule has 0 spiro atoms. The summed E-state index contributed by atoms with van der Waals surface area (Å²) in [6.45, 7) is 6.01. The van der Waals surface area contributed by atoms with Gasteiger partial charge in [0.15, 0.2) is 0 Å². The van der Waals surface area contributed by atoms with E-state index in [2.05, 4.69) is 48.7 Å². The van der Waals surface area contributed by atoms with Crippen LogP contribution in [0.3, 0.4) is 0 Å². The van der Waals surface area contributed by atoms with Gasteiger partial charge in [0.1, 0.15) is 30.4 Å². The van der Waals surface area contributed by atoms with E-state index in [1.165, 1.54) is 11.0 Å². The normalized spacial score (nSPS) is 25.3. The number of amides is 2. The van der Waals surface area contributed by atoms with Crippen molar-refractivity contribution in [1.82, 2.24) is 10.2 Å². The highest BCUT2D eigenvalue weighted by atomic mass is 127. The van der Waals surface area contributed by atoms with Crippen LogP contribution in [0.5, 0.6) is 5.75 Å². The van der Waals surface area contributed by atoms with Crippen LogP contribution in [0.25, 0.3) is 0 Å². The Morgan fingerprint density at radius 2 is 1.86 bits per heavy atom. The molecule has 1 fully saturated rings. The van der Waals surface area contributed by atoms with Crippen LogP contribution in [0.1, 0.15) is 52.0 Å². The smallest absolute Gasteiger partial charge is 0.249 e. The first-order chi connectivity index (χ1) is 21.1. The lowest BCUT2D eigenvalue weighted by Crippen LogP contribution is -2.55. The molecule has 4 rings (SSSR count). The van der Waals surface area contributed by atoms with E-state index in [0.29, 0.717) is 29.1 Å². The van der Waals surface area contributed by atoms with E-state index >= 15 is 0 Å². The van der Waals surface area contributed by atoms with Gasteiger partial charge in [0.2, 0.25) is 11.8 Å². The molecule has 2 aliphatic carbocycles. The highest BCUT2D eigenvalue weighted by molar-refractivity contribution is 14.1. The third kappa shape index (κ3) is 8.80. The zero-order chi connectivity index (χ0) is 31.8. The second-order valence-corrected chi connectivity index (χ2v) is 13.4. The summed E-state index contributed by atoms with van der Waals surface area (Å²) in [6, 6.07) is 12.6. The highest BCUT2D eigenvalue weighted by Gasteiger charge is 2.41. The molecule has 2 aromatic rings. The first-order valence-electron chi connectivity index (χ1n) is 15.4. The Bertz CT molecular complexity index is 1310. The summed E-state index contributed by atoms with van der Waals surface area (Å²) in [5.41, 5.74) is 0.591. The van der Waals surface area contributed by atoms with E-state index in [9.17, 15) is 24.2 Å². The number of rotatable bonds is 12. The Morgan fingerprint density at radius 1 is 1.14 bits per heavy atom. The number of hydrogen-bond acceptors (Lipinski definition) is 6. The number of carbonyl (C=O) groups excluding carboxylic acids is 2. The average Bonchev–Trinajstić information content (AvgIpc) is 3.00. The molecule has 8 nitrogen and oxygen atoms in total. The van der Waals surface area contributed by atoms with Gasteiger partial charge in [-0.05, 0) is 77.5 Å². The number of hydrogen-bond donors (Lipinski definition) is 3. The molecule has 240 valence electrons. The summed E-state index contributed by atoms with van der Waals surface area (Å²) < 4.78 is 28.3. The van der Waals surface area contributed by atoms with E-state index in [1.807, 2.05) is 18.2 Å². The molecule has 10 heteroatoms. The Labute approximate surface area is 273 Å². The van der Waals surface area contributed by atoms with Gasteiger partial charge in [0, 0.05) is 30.6 Å². The summed E-state index contributed by atoms with van der Waals surface area (Å²) in [5, 5.41) is 23.7. The molecule has 0 heterocycles. The minimum absolute atomic E-state index is 0.0133. The van der Waals surface area contributed by atoms with Crippen molar-refractivity contribution in [2.45, 2.75) is 77.4 Å². The first-order valence-corrected chi connectivity index (χ1v) is 16.5. The third-order valence-electron chi connectivity index (χ3n) is 8.72. The van der Waals surface area contributed by atoms with Crippen molar-refractivity contribution in [3.8, 4) is 5.75 Å². The fourth-order valence-electron chi connectivity index (χ4n) is 6.23. The summed E-state index contributed by atoms with van der Waals surface area (Å²) in [7, 11) is 0. The zero-order valence-electron chi connectivity index (χ0n) is 25.6. The predicted molar refractivity (Wildman–Crippen MR) is 174 cm³/mol. The topological polar surface area (TPSA) is 108 Å². The van der Waals surface area contributed by atoms with Gasteiger partial charge in [0.05, 0.1) is 22.3 Å². The third-order valence-corrected chi connectivity index (χ3v) is 9.61. The van der Waals surface area contributed by atoms with Crippen molar-refractivity contribution in [3.63, 3.8) is 0 Å². The van der Waals surface area contributed by atoms with Crippen LogP contribution < -0.4 is 10.1 Å². The molecule has 2 aromatic carbocycles. The van der Waals surface area contributed by atoms with Crippen molar-refractivity contribution < 1.29 is 33.7 Å². The quantitative estimate of drug-likeness (QED) is 0.271. The molecule has 6 unspecified atom stereocenters. The minimum atomic E-state index is -1.23. The van der Waals surface area contributed by atoms with Crippen LogP contribution in [0.2, 0.25) is 0 Å². The van der Waals surface area contributed by atoms with E-state index in [1.54, 1.807) is 30.3 Å². The second-order valence-electron chi connectivity index (χ2n) is 12.2. The number of nitrogens with one attached hydrogen (secondary N) is 1. The van der Waals surface area contributed by atoms with Crippen molar-refractivity contribution in [1.29, 1.82) is 0 Å². The van der Waals surface area contributed by atoms with Crippen molar-refractivity contribution >= 4 is 34.4 Å². The molecular formula is C34H44FIN2O6. The molecule has 3 N–H and O–H groups in total. The van der Waals surface area contributed by atoms with Crippen LogP contribution in [0.4, 0.5) is 4.39 Å². The Kier molecular flexibility index (Phi) is 12.6. The van der Waals surface area contributed by atoms with Crippen LogP contribution in [0.15, 0.2) is 60.2 Å². The lowest BCUT2D eigenvalue weighted by Gasteiger charge is -2.41. The van der Waals surface area contributed by atoms with E-state index in [4.69, 9.17) is 9.47 Å². The average molecular weight is 723 g/mol. The monoisotopic (exact) mass is 722 g/mol. The van der Waals surface area contributed by atoms with Gasteiger partial charge in [-0.2, -0.15) is 0 Å². The van der Waals surface area contributed by atoms with Gasteiger partial charge >= 0.3 is 0 Å². The highest BCUT2D eigenvalue weighted by Crippen LogP contribution is 2.36. The molecule has 2 amide bonds. The zero-order valence-corrected chi connectivity index (χ0v) is 27.8. The van der Waals surface area contributed by atoms with Crippen molar-refractivity contribution in [2.24, 2.45) is 17.8 Å². The number of nitrogens with zero attached hydrogens (tertiary/aromatic N) is 1. The summed E-state index contributed by atoms with van der Waals surface area (Å²) in [6.07, 6.45) is 2.32. The van der Waals surface area contributed by atoms with Crippen LogP contribution in [-0.2, 0) is 20.9 Å². The minimum Gasteiger partial charge on any atom is -0.482 e. The molecule has 0 radical (unpaired) electrons. The second kappa shape index (κ2) is 16.1. The summed E-state index contributed by atoms with van der Waals surface area (Å²) >= 11 is 2.13. The molecular weight excluding hydrogens is 678 g/mol. The fourth-order valence-corrected chi connectivity index (χ4v) is 6.75. The Hall–Kier alpha value is -2.54. The van der Waals surface area contributed by atoms with Gasteiger partial charge in [-0.15, -0.1) is 0 Å². The standard InChI is InChI=1S/C34H44FIN2O6/c1-21(2)25-13-12-22(3)16-30(25)43-20-32(40)38(19-23-8-4-5-9-26(23)35)28-17-24(34(42)37-14-15-39)18-31(33(28)41)44-29-11-7-6-10-27(29)36/h4-11,18,21-22,25,28,30-31,33,39,41H,12-17,19-20H2,1-3H3,(H,37,42). The maximum absolute atomic E-state index is 14.9. The SMILES string of the molecule is CC1CCC(C(C)C)C(OCC(=O)N(Cc2ccccc2F)C2CC(C(=O)NCCO)=CC(Oc3ccccc3I)C2O)C1. The van der Waals surface area contributed by atoms with E-state index in [0.717, 1.165) is 22.8 Å². The fraction of sp³-hybridized carbons (Fsp3) is 0.529. The number of benzene rings is 2. The van der Waals surface area contributed by atoms with Gasteiger partial charge < -0.3 is 29.9 Å². The van der Waals surface area contributed by atoms with E-state index < -0.39 is 35.9 Å². The van der Waals surface area contributed by atoms with Crippen molar-refractivity contribution in [3.05, 3.63) is 75.1 Å². The molecule has 0 aliphatic heterocycles. The molecule has 0 aromatic heterocycles. The molecule has 6 atom stereocenters. The first kappa shape index (κ1) is 34.3. The predicted octanol–water partition coefficient (Wildman–Crippen LogP) is 4.85. The number of carbonyl (C=O) groups is 2. The lowest BCUT2D eigenvalue weighted by molar-refractivity contribution is -0.149. The maximum Gasteiger partial charge on any atom is 0.249 e. The number of aliphatic hydroxyl groups is 2. The van der Waals surface area contributed by atoms with Crippen LogP contribution in [0, 0.1) is 27.1 Å². The Morgan fingerprint density at radius 3 is 2.57 bits per heavy atom. The number of ether oxygens (including phenoxy) is 2. The van der Waals surface area contributed by atoms with Gasteiger partial charge in [-0.1, -0.05) is 57.5 Å². The molecule has 44 heavy (non-hydrogen) atoms. The van der Waals surface area contributed by atoms with Crippen LogP contribution >= 0.6 is 22.6 Å². The largest absolute Gasteiger partial charge is 0.482 e. The van der Waals surface area contributed by atoms with Gasteiger partial charge in [-0.25, -0.2) is 4.39 Å². The Balaban J connectivity index is 1.65. The maximum atomic E-state index is 14.9. The molecule has 0 saturated heterocycles. The molecule has 0 bridgehead atoms. The summed E-state index contributed by atoms with van der Waals surface area (Å²) in [5.74, 6) is 0.437. The van der Waals surface area contributed by atoms with Gasteiger partial charge in [-0.3, -0.25) is 9.59 Å². The molecule has 2 aliphatic rings. The number of para-hydroxylation sites is 1. The summed E-state index contributed by atoms with van der Waals surface area (Å²) in [4.78, 5) is 28.6. The van der Waals surface area contributed by atoms with Crippen LogP contribution in [-0.4, -0.2) is 71.0 Å². The number of halogens is 2. The molecule has 1 saturated carbocycles. The van der Waals surface area contributed by atoms with E-state index in [-0.39, 0.29) is 44.4 Å².